The number of rotatable bonds is 2. The van der Waals surface area contributed by atoms with Crippen LogP contribution in [0.15, 0.2) is 0 Å². The van der Waals surface area contributed by atoms with Gasteiger partial charge in [0.15, 0.2) is 0 Å². The van der Waals surface area contributed by atoms with Gasteiger partial charge in [0.25, 0.3) is 0 Å². The summed E-state index contributed by atoms with van der Waals surface area (Å²) in [5.41, 5.74) is 0. The van der Waals surface area contributed by atoms with Gasteiger partial charge in [-0.1, -0.05) is 71.1 Å². The van der Waals surface area contributed by atoms with Crippen LogP contribution in [0, 0.1) is 0 Å². The highest BCUT2D eigenvalue weighted by molar-refractivity contribution is 4.66. The summed E-state index contributed by atoms with van der Waals surface area (Å²) in [6.07, 6.45) is 17.5. The molecular formula is C15H31N. The predicted octanol–water partition coefficient (Wildman–Crippen LogP) is 4.66. The third kappa shape index (κ3) is 7.27. The van der Waals surface area contributed by atoms with Crippen LogP contribution in [-0.2, 0) is 0 Å². The molecule has 0 amide bonds. The maximum atomic E-state index is 3.65. The molecule has 0 aromatic heterocycles. The van der Waals surface area contributed by atoms with E-state index >= 15 is 0 Å². The van der Waals surface area contributed by atoms with E-state index in [2.05, 4.69) is 12.2 Å². The molecule has 0 aromatic rings. The summed E-state index contributed by atoms with van der Waals surface area (Å²) < 4.78 is 0. The third-order valence-corrected chi connectivity index (χ3v) is 3.85. The summed E-state index contributed by atoms with van der Waals surface area (Å²) in [5, 5.41) is 3.65. The molecule has 0 atom stereocenters. The van der Waals surface area contributed by atoms with Crippen molar-refractivity contribution in [2.75, 3.05) is 6.54 Å². The minimum absolute atomic E-state index is 0.811. The fourth-order valence-electron chi connectivity index (χ4n) is 2.83. The van der Waals surface area contributed by atoms with Gasteiger partial charge in [-0.15, -0.1) is 0 Å². The van der Waals surface area contributed by atoms with Gasteiger partial charge in [0.1, 0.15) is 0 Å². The Morgan fingerprint density at radius 2 is 1.06 bits per heavy atom. The topological polar surface area (TPSA) is 12.0 Å². The summed E-state index contributed by atoms with van der Waals surface area (Å²) in [4.78, 5) is 0. The highest BCUT2D eigenvalue weighted by atomic mass is 14.9. The van der Waals surface area contributed by atoms with Crippen molar-refractivity contribution >= 4 is 0 Å². The SMILES string of the molecule is CCNC1CCCCCCCCCCCC1. The van der Waals surface area contributed by atoms with E-state index in [1.54, 1.807) is 0 Å². The van der Waals surface area contributed by atoms with Gasteiger partial charge < -0.3 is 5.32 Å². The van der Waals surface area contributed by atoms with Crippen molar-refractivity contribution in [1.82, 2.24) is 5.32 Å². The van der Waals surface area contributed by atoms with Crippen LogP contribution in [0.3, 0.4) is 0 Å². The Morgan fingerprint density at radius 1 is 0.688 bits per heavy atom. The second kappa shape index (κ2) is 10.1. The molecule has 1 N–H and O–H groups in total. The standard InChI is InChI=1S/C15H31N/c1-2-16-15-13-11-9-7-5-3-4-6-8-10-12-14-15/h15-16H,2-14H2,1H3. The van der Waals surface area contributed by atoms with Crippen molar-refractivity contribution < 1.29 is 0 Å². The maximum Gasteiger partial charge on any atom is 0.00669 e. The molecule has 16 heavy (non-hydrogen) atoms. The van der Waals surface area contributed by atoms with Gasteiger partial charge in [-0.3, -0.25) is 0 Å². The molecule has 1 rings (SSSR count). The van der Waals surface area contributed by atoms with Gasteiger partial charge in [-0.2, -0.15) is 0 Å². The van der Waals surface area contributed by atoms with Gasteiger partial charge in [-0.25, -0.2) is 0 Å². The average molecular weight is 225 g/mol. The molecule has 1 heteroatoms. The third-order valence-electron chi connectivity index (χ3n) is 3.85. The van der Waals surface area contributed by atoms with E-state index in [1.807, 2.05) is 0 Å². The maximum absolute atomic E-state index is 3.65. The Labute approximate surface area is 102 Å². The van der Waals surface area contributed by atoms with Crippen LogP contribution in [-0.4, -0.2) is 12.6 Å². The smallest absolute Gasteiger partial charge is 0.00669 e. The van der Waals surface area contributed by atoms with Crippen molar-refractivity contribution in [3.05, 3.63) is 0 Å². The Bertz CT molecular complexity index is 130. The molecule has 96 valence electrons. The van der Waals surface area contributed by atoms with Crippen molar-refractivity contribution in [1.29, 1.82) is 0 Å². The van der Waals surface area contributed by atoms with Gasteiger partial charge in [0.2, 0.25) is 0 Å². The summed E-state index contributed by atoms with van der Waals surface area (Å²) in [5.74, 6) is 0. The first-order chi connectivity index (χ1) is 7.93. The van der Waals surface area contributed by atoms with Crippen LogP contribution in [0.5, 0.6) is 0 Å². The van der Waals surface area contributed by atoms with E-state index in [0.717, 1.165) is 12.6 Å². The molecule has 0 saturated heterocycles. The van der Waals surface area contributed by atoms with E-state index in [4.69, 9.17) is 0 Å². The monoisotopic (exact) mass is 225 g/mol. The summed E-state index contributed by atoms with van der Waals surface area (Å²) in [6, 6.07) is 0.811. The van der Waals surface area contributed by atoms with Crippen LogP contribution in [0.25, 0.3) is 0 Å². The zero-order chi connectivity index (χ0) is 11.5. The van der Waals surface area contributed by atoms with Gasteiger partial charge in [0, 0.05) is 6.04 Å². The van der Waals surface area contributed by atoms with Crippen LogP contribution >= 0.6 is 0 Å². The molecule has 1 aliphatic rings. The summed E-state index contributed by atoms with van der Waals surface area (Å²) >= 11 is 0. The molecule has 1 aliphatic carbocycles. The first kappa shape index (κ1) is 14.0. The molecule has 0 aliphatic heterocycles. The summed E-state index contributed by atoms with van der Waals surface area (Å²) in [6.45, 7) is 3.38. The lowest BCUT2D eigenvalue weighted by Crippen LogP contribution is -2.28. The van der Waals surface area contributed by atoms with Gasteiger partial charge in [0.05, 0.1) is 0 Å². The van der Waals surface area contributed by atoms with Crippen molar-refractivity contribution in [3.8, 4) is 0 Å². The molecule has 1 fully saturated rings. The Kier molecular flexibility index (Phi) is 8.88. The zero-order valence-electron chi connectivity index (χ0n) is 11.3. The molecule has 0 heterocycles. The number of hydrogen-bond acceptors (Lipinski definition) is 1. The van der Waals surface area contributed by atoms with E-state index in [-0.39, 0.29) is 0 Å². The van der Waals surface area contributed by atoms with Gasteiger partial charge >= 0.3 is 0 Å². The van der Waals surface area contributed by atoms with E-state index < -0.39 is 0 Å². The lowest BCUT2D eigenvalue weighted by Gasteiger charge is -2.17. The fraction of sp³-hybridized carbons (Fsp3) is 1.00. The summed E-state index contributed by atoms with van der Waals surface area (Å²) in [7, 11) is 0. The molecule has 0 aromatic carbocycles. The Balaban J connectivity index is 2.20. The van der Waals surface area contributed by atoms with E-state index in [0.29, 0.717) is 0 Å². The molecule has 1 saturated carbocycles. The molecule has 0 radical (unpaired) electrons. The molecule has 0 bridgehead atoms. The number of hydrogen-bond donors (Lipinski definition) is 1. The first-order valence-corrected chi connectivity index (χ1v) is 7.67. The minimum atomic E-state index is 0.811. The number of nitrogens with one attached hydrogen (secondary N) is 1. The second-order valence-corrected chi connectivity index (χ2v) is 5.37. The Hall–Kier alpha value is -0.0400. The largest absolute Gasteiger partial charge is 0.314 e. The zero-order valence-corrected chi connectivity index (χ0v) is 11.3. The van der Waals surface area contributed by atoms with E-state index in [9.17, 15) is 0 Å². The van der Waals surface area contributed by atoms with Crippen molar-refractivity contribution in [3.63, 3.8) is 0 Å². The lowest BCUT2D eigenvalue weighted by molar-refractivity contribution is 0.425. The predicted molar refractivity (Wildman–Crippen MR) is 72.9 cm³/mol. The van der Waals surface area contributed by atoms with Crippen LogP contribution in [0.1, 0.15) is 84.0 Å². The quantitative estimate of drug-likeness (QED) is 0.721. The average Bonchev–Trinajstić information content (AvgIpc) is 2.31. The van der Waals surface area contributed by atoms with E-state index in [1.165, 1.54) is 77.0 Å². The van der Waals surface area contributed by atoms with Crippen molar-refractivity contribution in [2.45, 2.75) is 90.0 Å². The fourth-order valence-corrected chi connectivity index (χ4v) is 2.83. The van der Waals surface area contributed by atoms with Gasteiger partial charge in [-0.05, 0) is 19.4 Å². The minimum Gasteiger partial charge on any atom is -0.314 e. The highest BCUT2D eigenvalue weighted by Crippen LogP contribution is 2.16. The molecular weight excluding hydrogens is 194 g/mol. The highest BCUT2D eigenvalue weighted by Gasteiger charge is 2.07. The van der Waals surface area contributed by atoms with Crippen LogP contribution < -0.4 is 5.32 Å². The normalized spacial score (nSPS) is 23.1. The van der Waals surface area contributed by atoms with Crippen molar-refractivity contribution in [2.24, 2.45) is 0 Å². The molecule has 0 unspecified atom stereocenters. The first-order valence-electron chi connectivity index (χ1n) is 7.67. The van der Waals surface area contributed by atoms with Crippen LogP contribution in [0.4, 0.5) is 0 Å². The van der Waals surface area contributed by atoms with Crippen LogP contribution in [0.2, 0.25) is 0 Å². The molecule has 0 spiro atoms. The second-order valence-electron chi connectivity index (χ2n) is 5.37. The lowest BCUT2D eigenvalue weighted by atomic mass is 10.0. The Morgan fingerprint density at radius 3 is 1.44 bits per heavy atom. The molecule has 1 nitrogen and oxygen atoms in total.